The van der Waals surface area contributed by atoms with Gasteiger partial charge in [-0.25, -0.2) is 14.7 Å². The topological polar surface area (TPSA) is 71.5 Å². The lowest BCUT2D eigenvalue weighted by Crippen LogP contribution is -2.40. The molecule has 1 saturated heterocycles. The summed E-state index contributed by atoms with van der Waals surface area (Å²) in [6.07, 6.45) is 1.43. The Kier molecular flexibility index (Phi) is 2.49. The Morgan fingerprint density at radius 2 is 2.06 bits per heavy atom. The van der Waals surface area contributed by atoms with E-state index < -0.39 is 11.6 Å². The van der Waals surface area contributed by atoms with Crippen LogP contribution in [-0.4, -0.2) is 29.6 Å². The van der Waals surface area contributed by atoms with Gasteiger partial charge in [-0.2, -0.15) is 0 Å². The van der Waals surface area contributed by atoms with Crippen LogP contribution in [0.25, 0.3) is 0 Å². The van der Waals surface area contributed by atoms with Gasteiger partial charge in [-0.05, 0) is 19.9 Å². The van der Waals surface area contributed by atoms with Crippen molar-refractivity contribution in [2.75, 3.05) is 12.0 Å². The molecule has 2 rings (SSSR count). The van der Waals surface area contributed by atoms with E-state index in [-0.39, 0.29) is 5.91 Å². The summed E-state index contributed by atoms with van der Waals surface area (Å²) in [5, 5.41) is 2.60. The monoisotopic (exact) mass is 235 g/mol. The number of rotatable bonds is 2. The Morgan fingerprint density at radius 3 is 2.47 bits per heavy atom. The van der Waals surface area contributed by atoms with Gasteiger partial charge in [0.05, 0.1) is 19.0 Å². The molecule has 2 heterocycles. The molecule has 0 atom stereocenters. The molecule has 0 aromatic carbocycles. The van der Waals surface area contributed by atoms with Gasteiger partial charge < -0.3 is 10.1 Å². The molecule has 1 aliphatic heterocycles. The van der Waals surface area contributed by atoms with E-state index in [2.05, 4.69) is 10.3 Å². The van der Waals surface area contributed by atoms with Gasteiger partial charge in [0.15, 0.2) is 0 Å². The maximum atomic E-state index is 12.0. The van der Waals surface area contributed by atoms with Crippen LogP contribution in [-0.2, 0) is 4.79 Å². The predicted octanol–water partition coefficient (Wildman–Crippen LogP) is 0.925. The number of pyridine rings is 1. The highest BCUT2D eigenvalue weighted by Gasteiger charge is 2.45. The number of nitrogens with one attached hydrogen (secondary N) is 1. The summed E-state index contributed by atoms with van der Waals surface area (Å²) < 4.78 is 4.91. The van der Waals surface area contributed by atoms with Gasteiger partial charge in [-0.15, -0.1) is 0 Å². The van der Waals surface area contributed by atoms with Crippen LogP contribution in [0.3, 0.4) is 0 Å². The molecule has 1 fully saturated rings. The lowest BCUT2D eigenvalue weighted by Gasteiger charge is -2.15. The number of imide groups is 1. The second kappa shape index (κ2) is 3.73. The molecule has 17 heavy (non-hydrogen) atoms. The number of hydrogen-bond donors (Lipinski definition) is 1. The molecule has 1 N–H and O–H groups in total. The number of ether oxygens (including phenoxy) is 1. The molecule has 1 aliphatic rings. The van der Waals surface area contributed by atoms with E-state index in [1.54, 1.807) is 26.0 Å². The van der Waals surface area contributed by atoms with Gasteiger partial charge in [-0.3, -0.25) is 4.79 Å². The third-order valence-electron chi connectivity index (χ3n) is 2.55. The summed E-state index contributed by atoms with van der Waals surface area (Å²) >= 11 is 0. The second-order valence-corrected chi connectivity index (χ2v) is 4.25. The highest BCUT2D eigenvalue weighted by atomic mass is 16.5. The molecule has 6 heteroatoms. The van der Waals surface area contributed by atoms with Crippen LogP contribution < -0.4 is 15.0 Å². The molecule has 0 spiro atoms. The van der Waals surface area contributed by atoms with Crippen LogP contribution >= 0.6 is 0 Å². The Labute approximate surface area is 98.6 Å². The lowest BCUT2D eigenvalue weighted by atomic mass is 10.1. The SMILES string of the molecule is COc1ccc(N2C(=O)NC(C)(C)C2=O)cn1. The summed E-state index contributed by atoms with van der Waals surface area (Å²) in [7, 11) is 1.50. The number of carbonyl (C=O) groups is 2. The summed E-state index contributed by atoms with van der Waals surface area (Å²) in [5.41, 5.74) is -0.448. The third kappa shape index (κ3) is 1.82. The highest BCUT2D eigenvalue weighted by Crippen LogP contribution is 2.24. The number of nitrogens with zero attached hydrogens (tertiary/aromatic N) is 2. The minimum absolute atomic E-state index is 0.297. The van der Waals surface area contributed by atoms with Crippen molar-refractivity contribution < 1.29 is 14.3 Å². The minimum Gasteiger partial charge on any atom is -0.481 e. The zero-order chi connectivity index (χ0) is 12.6. The first-order valence-electron chi connectivity index (χ1n) is 5.12. The first-order chi connectivity index (χ1) is 7.95. The van der Waals surface area contributed by atoms with Crippen molar-refractivity contribution >= 4 is 17.6 Å². The molecule has 0 aliphatic carbocycles. The number of amides is 3. The van der Waals surface area contributed by atoms with Gasteiger partial charge >= 0.3 is 6.03 Å². The van der Waals surface area contributed by atoms with E-state index in [1.165, 1.54) is 13.3 Å². The van der Waals surface area contributed by atoms with Crippen molar-refractivity contribution in [3.05, 3.63) is 18.3 Å². The fourth-order valence-corrected chi connectivity index (χ4v) is 1.61. The van der Waals surface area contributed by atoms with Crippen molar-refractivity contribution in [1.82, 2.24) is 10.3 Å². The fourth-order valence-electron chi connectivity index (χ4n) is 1.61. The van der Waals surface area contributed by atoms with Crippen LogP contribution in [0.4, 0.5) is 10.5 Å². The van der Waals surface area contributed by atoms with E-state index in [1.807, 2.05) is 0 Å². The fraction of sp³-hybridized carbons (Fsp3) is 0.364. The van der Waals surface area contributed by atoms with Gasteiger partial charge in [0.25, 0.3) is 5.91 Å². The van der Waals surface area contributed by atoms with Crippen LogP contribution in [0.2, 0.25) is 0 Å². The highest BCUT2D eigenvalue weighted by molar-refractivity contribution is 6.22. The number of methoxy groups -OCH3 is 1. The number of aromatic nitrogens is 1. The molecule has 90 valence electrons. The summed E-state index contributed by atoms with van der Waals surface area (Å²) in [6, 6.07) is 2.78. The molecular weight excluding hydrogens is 222 g/mol. The van der Waals surface area contributed by atoms with Crippen molar-refractivity contribution in [2.24, 2.45) is 0 Å². The maximum absolute atomic E-state index is 12.0. The van der Waals surface area contributed by atoms with Gasteiger partial charge in [-0.1, -0.05) is 0 Å². The molecule has 0 unspecified atom stereocenters. The zero-order valence-electron chi connectivity index (χ0n) is 9.85. The number of hydrogen-bond acceptors (Lipinski definition) is 4. The molecule has 1 aromatic rings. The van der Waals surface area contributed by atoms with E-state index >= 15 is 0 Å². The predicted molar refractivity (Wildman–Crippen MR) is 60.9 cm³/mol. The lowest BCUT2D eigenvalue weighted by molar-refractivity contribution is -0.121. The van der Waals surface area contributed by atoms with Crippen LogP contribution in [0, 0.1) is 0 Å². The van der Waals surface area contributed by atoms with Crippen LogP contribution in [0.15, 0.2) is 18.3 Å². The molecule has 0 bridgehead atoms. The van der Waals surface area contributed by atoms with E-state index in [0.717, 1.165) is 4.90 Å². The average Bonchev–Trinajstić information content (AvgIpc) is 2.49. The van der Waals surface area contributed by atoms with E-state index in [4.69, 9.17) is 4.74 Å². The Balaban J connectivity index is 2.34. The number of urea groups is 1. The van der Waals surface area contributed by atoms with Crippen molar-refractivity contribution in [3.63, 3.8) is 0 Å². The summed E-state index contributed by atoms with van der Waals surface area (Å²) in [5.74, 6) is 0.134. The van der Waals surface area contributed by atoms with Crippen molar-refractivity contribution in [2.45, 2.75) is 19.4 Å². The molecule has 0 radical (unpaired) electrons. The number of anilines is 1. The van der Waals surface area contributed by atoms with E-state index in [0.29, 0.717) is 11.6 Å². The average molecular weight is 235 g/mol. The second-order valence-electron chi connectivity index (χ2n) is 4.25. The van der Waals surface area contributed by atoms with Crippen molar-refractivity contribution in [1.29, 1.82) is 0 Å². The Bertz CT molecular complexity index is 467. The Hall–Kier alpha value is -2.11. The molecule has 6 nitrogen and oxygen atoms in total. The molecule has 0 saturated carbocycles. The molecule has 1 aromatic heterocycles. The maximum Gasteiger partial charge on any atom is 0.329 e. The Morgan fingerprint density at radius 1 is 1.35 bits per heavy atom. The largest absolute Gasteiger partial charge is 0.481 e. The van der Waals surface area contributed by atoms with Gasteiger partial charge in [0.2, 0.25) is 5.88 Å². The molecular formula is C11H13N3O3. The standard InChI is InChI=1S/C11H13N3O3/c1-11(2)9(15)14(10(16)13-11)7-4-5-8(17-3)12-6-7/h4-6H,1-3H3,(H,13,16). The molecule has 3 amide bonds. The van der Waals surface area contributed by atoms with Crippen LogP contribution in [0.1, 0.15) is 13.8 Å². The van der Waals surface area contributed by atoms with Crippen LogP contribution in [0.5, 0.6) is 5.88 Å². The van der Waals surface area contributed by atoms with Gasteiger partial charge in [0, 0.05) is 6.07 Å². The number of carbonyl (C=O) groups excluding carboxylic acids is 2. The quantitative estimate of drug-likeness (QED) is 0.774. The van der Waals surface area contributed by atoms with E-state index in [9.17, 15) is 9.59 Å². The smallest absolute Gasteiger partial charge is 0.329 e. The van der Waals surface area contributed by atoms with Gasteiger partial charge in [0.1, 0.15) is 5.54 Å². The summed E-state index contributed by atoms with van der Waals surface area (Å²) in [4.78, 5) is 28.7. The normalized spacial score (nSPS) is 18.2. The van der Waals surface area contributed by atoms with Crippen molar-refractivity contribution in [3.8, 4) is 5.88 Å². The first kappa shape index (κ1) is 11.4. The first-order valence-corrected chi connectivity index (χ1v) is 5.12. The summed E-state index contributed by atoms with van der Waals surface area (Å²) in [6.45, 7) is 3.31. The zero-order valence-corrected chi connectivity index (χ0v) is 9.85. The minimum atomic E-state index is -0.878. The third-order valence-corrected chi connectivity index (χ3v) is 2.55.